The van der Waals surface area contributed by atoms with Gasteiger partial charge in [0.15, 0.2) is 0 Å². The predicted octanol–water partition coefficient (Wildman–Crippen LogP) is 2.51. The third-order valence-electron chi connectivity index (χ3n) is 1.56. The molecule has 0 saturated carbocycles. The van der Waals surface area contributed by atoms with Crippen LogP contribution in [0.2, 0.25) is 5.02 Å². The molecule has 5 heteroatoms. The van der Waals surface area contributed by atoms with Crippen LogP contribution in [0.25, 0.3) is 0 Å². The summed E-state index contributed by atoms with van der Waals surface area (Å²) in [5.74, 6) is 0. The molecule has 0 aliphatic heterocycles. The van der Waals surface area contributed by atoms with Gasteiger partial charge in [-0.05, 0) is 0 Å². The van der Waals surface area contributed by atoms with Crippen molar-refractivity contribution in [2.24, 2.45) is 0 Å². The van der Waals surface area contributed by atoms with E-state index in [1.54, 1.807) is 12.1 Å². The summed E-state index contributed by atoms with van der Waals surface area (Å²) in [5, 5.41) is 0.122. The molecule has 0 amide bonds. The number of carbonyl (C=O) groups excluding carboxylic acids is 1. The molecule has 0 N–H and O–H groups in total. The molecule has 70 valence electrons. The summed E-state index contributed by atoms with van der Waals surface area (Å²) in [6.07, 6.45) is 0. The average Bonchev–Trinajstić information content (AvgIpc) is 2.08. The molecule has 0 fully saturated rings. The van der Waals surface area contributed by atoms with Crippen LogP contribution in [0.4, 0.5) is 0 Å². The normalized spacial score (nSPS) is 10.2. The first-order valence-corrected chi connectivity index (χ1v) is 7.21. The molecular formula is C8H5Cl3OSe. The molecule has 0 aromatic heterocycles. The maximum atomic E-state index is 11.0. The molecule has 0 spiro atoms. The van der Waals surface area contributed by atoms with E-state index in [2.05, 4.69) is 0 Å². The Morgan fingerprint density at radius 2 is 2.08 bits per heavy atom. The van der Waals surface area contributed by atoms with Crippen molar-refractivity contribution in [3.05, 3.63) is 28.3 Å². The molecule has 0 bridgehead atoms. The molecule has 1 rings (SSSR count). The van der Waals surface area contributed by atoms with Crippen molar-refractivity contribution in [2.45, 2.75) is 6.92 Å². The van der Waals surface area contributed by atoms with Gasteiger partial charge < -0.3 is 0 Å². The van der Waals surface area contributed by atoms with E-state index in [1.807, 2.05) is 6.92 Å². The summed E-state index contributed by atoms with van der Waals surface area (Å²) >= 11 is 11.0. The van der Waals surface area contributed by atoms with Crippen molar-refractivity contribution in [1.82, 2.24) is 0 Å². The summed E-state index contributed by atoms with van der Waals surface area (Å²) in [5.41, 5.74) is 1.29. The van der Waals surface area contributed by atoms with Crippen LogP contribution in [0.3, 0.4) is 0 Å². The van der Waals surface area contributed by atoms with Gasteiger partial charge in [-0.25, -0.2) is 0 Å². The van der Waals surface area contributed by atoms with Crippen LogP contribution in [0.1, 0.15) is 15.9 Å². The molecule has 1 aromatic rings. The van der Waals surface area contributed by atoms with Gasteiger partial charge >= 0.3 is 97.0 Å². The van der Waals surface area contributed by atoms with Crippen molar-refractivity contribution in [1.29, 1.82) is 0 Å². The molecule has 1 nitrogen and oxygen atoms in total. The Morgan fingerprint density at radius 1 is 1.46 bits per heavy atom. The summed E-state index contributed by atoms with van der Waals surface area (Å²) in [6.45, 7) is 1.82. The Labute approximate surface area is 96.7 Å². The molecule has 0 radical (unpaired) electrons. The fourth-order valence-electron chi connectivity index (χ4n) is 0.881. The number of halogens is 3. The fraction of sp³-hybridized carbons (Fsp3) is 0.125. The average molecular weight is 302 g/mol. The molecular weight excluding hydrogens is 297 g/mol. The van der Waals surface area contributed by atoms with Crippen LogP contribution < -0.4 is 4.46 Å². The first-order valence-electron chi connectivity index (χ1n) is 3.35. The predicted molar refractivity (Wildman–Crippen MR) is 57.6 cm³/mol. The van der Waals surface area contributed by atoms with Crippen LogP contribution >= 0.6 is 33.3 Å². The molecule has 0 saturated heterocycles. The van der Waals surface area contributed by atoms with E-state index in [1.165, 1.54) is 0 Å². The molecule has 13 heavy (non-hydrogen) atoms. The number of hydrogen-bond acceptors (Lipinski definition) is 1. The topological polar surface area (TPSA) is 17.1 Å². The van der Waals surface area contributed by atoms with Gasteiger partial charge in [-0.1, -0.05) is 0 Å². The van der Waals surface area contributed by atoms with Crippen LogP contribution in [0, 0.1) is 6.92 Å². The van der Waals surface area contributed by atoms with Crippen molar-refractivity contribution in [3.63, 3.8) is 0 Å². The Bertz CT molecular complexity index is 351. The molecule has 0 heterocycles. The van der Waals surface area contributed by atoms with Gasteiger partial charge in [-0.2, -0.15) is 0 Å². The van der Waals surface area contributed by atoms with E-state index in [0.29, 0.717) is 10.6 Å². The van der Waals surface area contributed by atoms with Crippen LogP contribution in [-0.4, -0.2) is 19.3 Å². The number of benzene rings is 1. The molecule has 0 aliphatic carbocycles. The van der Waals surface area contributed by atoms with Crippen LogP contribution in [0.15, 0.2) is 12.1 Å². The Balaban J connectivity index is 3.33. The van der Waals surface area contributed by atoms with E-state index >= 15 is 0 Å². The van der Waals surface area contributed by atoms with Gasteiger partial charge in [0, 0.05) is 0 Å². The second kappa shape index (κ2) is 4.68. The molecule has 0 unspecified atom stereocenters. The Morgan fingerprint density at radius 3 is 2.54 bits per heavy atom. The third kappa shape index (κ3) is 2.61. The van der Waals surface area contributed by atoms with Crippen molar-refractivity contribution < 1.29 is 4.79 Å². The summed E-state index contributed by atoms with van der Waals surface area (Å²) < 4.78 is 0.727. The van der Waals surface area contributed by atoms with Gasteiger partial charge in [0.2, 0.25) is 0 Å². The van der Waals surface area contributed by atoms with E-state index in [-0.39, 0.29) is 14.0 Å². The number of carbonyl (C=O) groups is 1. The summed E-state index contributed by atoms with van der Waals surface area (Å²) in [7, 11) is 5.69. The van der Waals surface area contributed by atoms with E-state index in [0.717, 1.165) is 10.0 Å². The third-order valence-corrected chi connectivity index (χ3v) is 4.09. The fourth-order valence-corrected chi connectivity index (χ4v) is 2.97. The second-order valence-electron chi connectivity index (χ2n) is 2.45. The minimum absolute atomic E-state index is 0.294. The van der Waals surface area contributed by atoms with Gasteiger partial charge in [-0.15, -0.1) is 0 Å². The van der Waals surface area contributed by atoms with Gasteiger partial charge in [-0.3, -0.25) is 0 Å². The zero-order valence-corrected chi connectivity index (χ0v) is 10.6. The van der Waals surface area contributed by atoms with Crippen molar-refractivity contribution >= 4 is 57.0 Å². The van der Waals surface area contributed by atoms with Crippen molar-refractivity contribution in [3.8, 4) is 0 Å². The summed E-state index contributed by atoms with van der Waals surface area (Å²) in [6, 6.07) is 3.36. The zero-order valence-electron chi connectivity index (χ0n) is 6.61. The Hall–Kier alpha value is 0.279. The summed E-state index contributed by atoms with van der Waals surface area (Å²) in [4.78, 5) is 11.0. The molecule has 1 aromatic carbocycles. The van der Waals surface area contributed by atoms with E-state index in [4.69, 9.17) is 33.3 Å². The second-order valence-corrected chi connectivity index (χ2v) is 5.25. The quantitative estimate of drug-likeness (QED) is 0.606. The standard InChI is InChI=1S/C8H5Cl3OSe/c1-4-2-5(8(10)12)7(13-11)3-6(4)9/h2-3H,1H3. The first kappa shape index (κ1) is 11.4. The molecule has 0 aliphatic rings. The van der Waals surface area contributed by atoms with E-state index in [9.17, 15) is 4.79 Å². The number of hydrogen-bond donors (Lipinski definition) is 0. The number of aryl methyl sites for hydroxylation is 1. The van der Waals surface area contributed by atoms with Gasteiger partial charge in [0.25, 0.3) is 0 Å². The van der Waals surface area contributed by atoms with Crippen molar-refractivity contribution in [2.75, 3.05) is 0 Å². The SMILES string of the molecule is Cc1cc(C(=O)Cl)c([Se]Cl)cc1Cl. The van der Waals surface area contributed by atoms with Gasteiger partial charge in [0.1, 0.15) is 0 Å². The maximum absolute atomic E-state index is 11.0. The van der Waals surface area contributed by atoms with E-state index < -0.39 is 5.24 Å². The van der Waals surface area contributed by atoms with Crippen LogP contribution in [0.5, 0.6) is 0 Å². The number of rotatable bonds is 2. The van der Waals surface area contributed by atoms with Crippen LogP contribution in [-0.2, 0) is 0 Å². The minimum atomic E-state index is -0.489. The van der Waals surface area contributed by atoms with Gasteiger partial charge in [0.05, 0.1) is 0 Å². The first-order chi connectivity index (χ1) is 6.06. The Kier molecular flexibility index (Phi) is 4.08. The monoisotopic (exact) mass is 302 g/mol. The molecule has 0 atom stereocenters. The zero-order chi connectivity index (χ0) is 10.0.